The Morgan fingerprint density at radius 1 is 1.43 bits per heavy atom. The van der Waals surface area contributed by atoms with Crippen LogP contribution in [0.5, 0.6) is 0 Å². The standard InChI is InChI=1S/C16H19ClN4O2/c17-14-4-2-1-3-11(14)9-21-10-13(7-20-21)16(23)19-6-12-5-18-8-15(12)22/h1-4,7,10,12,15,18,22H,5-6,8-9H2,(H,19,23). The predicted molar refractivity (Wildman–Crippen MR) is 87.5 cm³/mol. The van der Waals surface area contributed by atoms with E-state index >= 15 is 0 Å². The van der Waals surface area contributed by atoms with E-state index in [0.717, 1.165) is 5.56 Å². The van der Waals surface area contributed by atoms with Crippen molar-refractivity contribution in [2.75, 3.05) is 19.6 Å². The van der Waals surface area contributed by atoms with Crippen LogP contribution in [0, 0.1) is 5.92 Å². The smallest absolute Gasteiger partial charge is 0.254 e. The van der Waals surface area contributed by atoms with Gasteiger partial charge in [0.25, 0.3) is 5.91 Å². The molecule has 2 heterocycles. The minimum atomic E-state index is -0.404. The van der Waals surface area contributed by atoms with Crippen LogP contribution in [-0.4, -0.2) is 46.5 Å². The summed E-state index contributed by atoms with van der Waals surface area (Å²) in [6, 6.07) is 7.55. The summed E-state index contributed by atoms with van der Waals surface area (Å²) in [6.07, 6.45) is 2.83. The molecule has 0 radical (unpaired) electrons. The zero-order chi connectivity index (χ0) is 16.2. The summed E-state index contributed by atoms with van der Waals surface area (Å²) >= 11 is 6.13. The lowest BCUT2D eigenvalue weighted by molar-refractivity contribution is 0.0927. The average molecular weight is 335 g/mol. The summed E-state index contributed by atoms with van der Waals surface area (Å²) in [4.78, 5) is 12.1. The molecule has 23 heavy (non-hydrogen) atoms. The molecule has 122 valence electrons. The minimum absolute atomic E-state index is 0.0529. The van der Waals surface area contributed by atoms with Gasteiger partial charge in [0.1, 0.15) is 0 Å². The van der Waals surface area contributed by atoms with Crippen molar-refractivity contribution in [3.63, 3.8) is 0 Å². The van der Waals surface area contributed by atoms with Gasteiger partial charge in [-0.15, -0.1) is 0 Å². The van der Waals surface area contributed by atoms with Gasteiger partial charge in [-0.25, -0.2) is 0 Å². The first-order valence-electron chi connectivity index (χ1n) is 7.56. The van der Waals surface area contributed by atoms with Gasteiger partial charge in [-0.1, -0.05) is 29.8 Å². The number of aromatic nitrogens is 2. The zero-order valence-corrected chi connectivity index (χ0v) is 13.3. The van der Waals surface area contributed by atoms with Gasteiger partial charge >= 0.3 is 0 Å². The highest BCUT2D eigenvalue weighted by atomic mass is 35.5. The van der Waals surface area contributed by atoms with E-state index in [1.54, 1.807) is 10.9 Å². The van der Waals surface area contributed by atoms with E-state index in [0.29, 0.717) is 36.8 Å². The Bertz CT molecular complexity index is 688. The highest BCUT2D eigenvalue weighted by Crippen LogP contribution is 2.16. The molecule has 3 N–H and O–H groups in total. The van der Waals surface area contributed by atoms with Crippen LogP contribution in [0.15, 0.2) is 36.7 Å². The molecule has 2 atom stereocenters. The third-order valence-electron chi connectivity index (χ3n) is 4.01. The van der Waals surface area contributed by atoms with Crippen molar-refractivity contribution in [2.24, 2.45) is 5.92 Å². The van der Waals surface area contributed by atoms with Crippen LogP contribution < -0.4 is 10.6 Å². The maximum absolute atomic E-state index is 12.1. The van der Waals surface area contributed by atoms with Crippen LogP contribution in [0.4, 0.5) is 0 Å². The van der Waals surface area contributed by atoms with Crippen LogP contribution in [0.2, 0.25) is 5.02 Å². The van der Waals surface area contributed by atoms with Crippen molar-refractivity contribution < 1.29 is 9.90 Å². The van der Waals surface area contributed by atoms with Crippen LogP contribution in [-0.2, 0) is 6.54 Å². The molecule has 1 aliphatic heterocycles. The third-order valence-corrected chi connectivity index (χ3v) is 4.38. The van der Waals surface area contributed by atoms with Crippen molar-refractivity contribution in [1.82, 2.24) is 20.4 Å². The van der Waals surface area contributed by atoms with E-state index < -0.39 is 6.10 Å². The molecule has 1 aromatic heterocycles. The largest absolute Gasteiger partial charge is 0.391 e. The molecular formula is C16H19ClN4O2. The Labute approximate surface area is 139 Å². The number of aliphatic hydroxyl groups is 1. The van der Waals surface area contributed by atoms with Gasteiger partial charge in [-0.05, 0) is 11.6 Å². The molecule has 0 bridgehead atoms. The lowest BCUT2D eigenvalue weighted by Crippen LogP contribution is -2.34. The summed E-state index contributed by atoms with van der Waals surface area (Å²) in [5, 5.41) is 20.5. The molecule has 0 aliphatic carbocycles. The van der Waals surface area contributed by atoms with Crippen LogP contribution in [0.1, 0.15) is 15.9 Å². The number of hydrogen-bond acceptors (Lipinski definition) is 4. The highest BCUT2D eigenvalue weighted by Gasteiger charge is 2.25. The van der Waals surface area contributed by atoms with Crippen molar-refractivity contribution in [3.05, 3.63) is 52.8 Å². The average Bonchev–Trinajstić information content (AvgIpc) is 3.16. The maximum atomic E-state index is 12.1. The monoisotopic (exact) mass is 334 g/mol. The van der Waals surface area contributed by atoms with E-state index in [9.17, 15) is 9.90 Å². The van der Waals surface area contributed by atoms with Gasteiger partial charge in [0, 0.05) is 36.8 Å². The van der Waals surface area contributed by atoms with Crippen LogP contribution >= 0.6 is 11.6 Å². The lowest BCUT2D eigenvalue weighted by Gasteiger charge is -2.13. The van der Waals surface area contributed by atoms with E-state index in [1.807, 2.05) is 24.3 Å². The number of nitrogens with zero attached hydrogens (tertiary/aromatic N) is 2. The van der Waals surface area contributed by atoms with Crippen LogP contribution in [0.3, 0.4) is 0 Å². The maximum Gasteiger partial charge on any atom is 0.254 e. The molecule has 1 aliphatic rings. The number of rotatable bonds is 5. The summed E-state index contributed by atoms with van der Waals surface area (Å²) in [5.41, 5.74) is 1.45. The second-order valence-electron chi connectivity index (χ2n) is 5.71. The zero-order valence-electron chi connectivity index (χ0n) is 12.6. The van der Waals surface area contributed by atoms with Crippen molar-refractivity contribution in [2.45, 2.75) is 12.6 Å². The van der Waals surface area contributed by atoms with Crippen molar-refractivity contribution in [3.8, 4) is 0 Å². The van der Waals surface area contributed by atoms with Gasteiger partial charge < -0.3 is 15.7 Å². The second kappa shape index (κ2) is 7.12. The molecular weight excluding hydrogens is 316 g/mol. The molecule has 2 unspecified atom stereocenters. The minimum Gasteiger partial charge on any atom is -0.391 e. The number of aliphatic hydroxyl groups excluding tert-OH is 1. The molecule has 1 saturated heterocycles. The normalized spacial score (nSPS) is 20.6. The fourth-order valence-electron chi connectivity index (χ4n) is 2.62. The Morgan fingerprint density at radius 2 is 2.26 bits per heavy atom. The van der Waals surface area contributed by atoms with Gasteiger partial charge in [0.05, 0.1) is 24.4 Å². The van der Waals surface area contributed by atoms with E-state index in [4.69, 9.17) is 11.6 Å². The van der Waals surface area contributed by atoms with Crippen molar-refractivity contribution in [1.29, 1.82) is 0 Å². The first-order chi connectivity index (χ1) is 11.1. The van der Waals surface area contributed by atoms with E-state index in [2.05, 4.69) is 15.7 Å². The summed E-state index contributed by atoms with van der Waals surface area (Å²) in [6.45, 7) is 2.25. The Kier molecular flexibility index (Phi) is 4.95. The Balaban J connectivity index is 1.58. The van der Waals surface area contributed by atoms with Gasteiger partial charge in [0.2, 0.25) is 0 Å². The first kappa shape index (κ1) is 16.0. The Hall–Kier alpha value is -1.89. The van der Waals surface area contributed by atoms with E-state index in [1.165, 1.54) is 6.20 Å². The van der Waals surface area contributed by atoms with Gasteiger partial charge in [0.15, 0.2) is 0 Å². The first-order valence-corrected chi connectivity index (χ1v) is 7.94. The molecule has 0 saturated carbocycles. The summed E-state index contributed by atoms with van der Waals surface area (Å²) in [5.74, 6) is -0.133. The van der Waals surface area contributed by atoms with E-state index in [-0.39, 0.29) is 11.8 Å². The molecule has 1 fully saturated rings. The highest BCUT2D eigenvalue weighted by molar-refractivity contribution is 6.31. The molecule has 0 spiro atoms. The summed E-state index contributed by atoms with van der Waals surface area (Å²) in [7, 11) is 0. The predicted octanol–water partition coefficient (Wildman–Crippen LogP) is 0.895. The summed E-state index contributed by atoms with van der Waals surface area (Å²) < 4.78 is 1.68. The number of hydrogen-bond donors (Lipinski definition) is 3. The lowest BCUT2D eigenvalue weighted by atomic mass is 10.1. The topological polar surface area (TPSA) is 79.2 Å². The molecule has 3 rings (SSSR count). The quantitative estimate of drug-likeness (QED) is 0.759. The van der Waals surface area contributed by atoms with Crippen LogP contribution in [0.25, 0.3) is 0 Å². The number of halogens is 1. The SMILES string of the molecule is O=C(NCC1CNCC1O)c1cnn(Cc2ccccc2Cl)c1. The fourth-order valence-corrected chi connectivity index (χ4v) is 2.82. The number of carbonyl (C=O) groups is 1. The number of β-amino-alcohol motifs (C(OH)–C–C–N with tert-alkyl or cyclic N) is 1. The number of carbonyl (C=O) groups excluding carboxylic acids is 1. The fraction of sp³-hybridized carbons (Fsp3) is 0.375. The molecule has 2 aromatic rings. The van der Waals surface area contributed by atoms with Gasteiger partial charge in [-0.3, -0.25) is 9.48 Å². The number of nitrogens with one attached hydrogen (secondary N) is 2. The molecule has 7 heteroatoms. The number of amides is 1. The number of benzene rings is 1. The van der Waals surface area contributed by atoms with Crippen molar-refractivity contribution >= 4 is 17.5 Å². The molecule has 1 aromatic carbocycles. The third kappa shape index (κ3) is 3.90. The molecule has 1 amide bonds. The van der Waals surface area contributed by atoms with Gasteiger partial charge in [-0.2, -0.15) is 5.10 Å². The molecule has 6 nitrogen and oxygen atoms in total. The Morgan fingerprint density at radius 3 is 3.00 bits per heavy atom. The second-order valence-corrected chi connectivity index (χ2v) is 6.12.